The molecule has 3 rings (SSSR count). The maximum Gasteiger partial charge on any atom is 0.257 e. The minimum absolute atomic E-state index is 0.0188. The largest absolute Gasteiger partial charge is 0.488 e. The number of nitrogens with zero attached hydrogens (tertiary/aromatic N) is 1. The highest BCUT2D eigenvalue weighted by Crippen LogP contribution is 2.23. The SMILES string of the molecule is CCN(CC1CCCO1)C(=O)c1ccccc1OCc1ccc(Cl)cc1. The van der Waals surface area contributed by atoms with Gasteiger partial charge in [-0.05, 0) is 49.6 Å². The quantitative estimate of drug-likeness (QED) is 0.714. The van der Waals surface area contributed by atoms with Crippen molar-refractivity contribution in [1.29, 1.82) is 0 Å². The Labute approximate surface area is 159 Å². The highest BCUT2D eigenvalue weighted by atomic mass is 35.5. The van der Waals surface area contributed by atoms with Gasteiger partial charge in [-0.15, -0.1) is 0 Å². The van der Waals surface area contributed by atoms with Gasteiger partial charge in [-0.25, -0.2) is 0 Å². The lowest BCUT2D eigenvalue weighted by Gasteiger charge is -2.25. The summed E-state index contributed by atoms with van der Waals surface area (Å²) in [6, 6.07) is 14.9. The maximum absolute atomic E-state index is 13.0. The first-order valence-electron chi connectivity index (χ1n) is 9.04. The number of hydrogen-bond donors (Lipinski definition) is 0. The Hall–Kier alpha value is -2.04. The van der Waals surface area contributed by atoms with Crippen molar-refractivity contribution in [3.05, 3.63) is 64.7 Å². The standard InChI is InChI=1S/C21H24ClNO3/c1-2-23(14-18-6-5-13-25-18)21(24)19-7-3-4-8-20(19)26-15-16-9-11-17(22)12-10-16/h3-4,7-12,18H,2,5-6,13-15H2,1H3. The number of carbonyl (C=O) groups is 1. The average molecular weight is 374 g/mol. The normalized spacial score (nSPS) is 16.5. The van der Waals surface area contributed by atoms with Crippen molar-refractivity contribution < 1.29 is 14.3 Å². The van der Waals surface area contributed by atoms with Gasteiger partial charge in [0.25, 0.3) is 5.91 Å². The van der Waals surface area contributed by atoms with E-state index < -0.39 is 0 Å². The smallest absolute Gasteiger partial charge is 0.257 e. The number of para-hydroxylation sites is 1. The second kappa shape index (κ2) is 9.06. The lowest BCUT2D eigenvalue weighted by Crippen LogP contribution is -2.37. The molecule has 2 aromatic carbocycles. The first-order chi connectivity index (χ1) is 12.7. The van der Waals surface area contributed by atoms with Crippen molar-refractivity contribution in [3.63, 3.8) is 0 Å². The third kappa shape index (κ3) is 4.77. The molecule has 1 aliphatic heterocycles. The number of ether oxygens (including phenoxy) is 2. The van der Waals surface area contributed by atoms with Gasteiger partial charge in [0.15, 0.2) is 0 Å². The minimum Gasteiger partial charge on any atom is -0.488 e. The zero-order chi connectivity index (χ0) is 18.4. The van der Waals surface area contributed by atoms with Crippen LogP contribution < -0.4 is 4.74 Å². The van der Waals surface area contributed by atoms with E-state index in [1.807, 2.05) is 60.4 Å². The molecule has 0 aliphatic carbocycles. The van der Waals surface area contributed by atoms with Crippen LogP contribution in [-0.2, 0) is 11.3 Å². The summed E-state index contributed by atoms with van der Waals surface area (Å²) in [5, 5.41) is 0.692. The third-order valence-corrected chi connectivity index (χ3v) is 4.79. The van der Waals surface area contributed by atoms with Gasteiger partial charge in [0.1, 0.15) is 12.4 Å². The van der Waals surface area contributed by atoms with Crippen molar-refractivity contribution in [3.8, 4) is 5.75 Å². The van der Waals surface area contributed by atoms with Gasteiger partial charge < -0.3 is 14.4 Å². The summed E-state index contributed by atoms with van der Waals surface area (Å²) < 4.78 is 11.6. The Morgan fingerprint density at radius 2 is 2.00 bits per heavy atom. The number of benzene rings is 2. The summed E-state index contributed by atoms with van der Waals surface area (Å²) >= 11 is 5.91. The fourth-order valence-corrected chi connectivity index (χ4v) is 3.20. The van der Waals surface area contributed by atoms with Crippen LogP contribution in [-0.4, -0.2) is 36.6 Å². The van der Waals surface area contributed by atoms with Crippen molar-refractivity contribution in [2.45, 2.75) is 32.5 Å². The molecule has 0 aromatic heterocycles. The summed E-state index contributed by atoms with van der Waals surface area (Å²) in [4.78, 5) is 14.8. The Morgan fingerprint density at radius 1 is 1.23 bits per heavy atom. The number of amides is 1. The van der Waals surface area contributed by atoms with E-state index in [1.54, 1.807) is 0 Å². The van der Waals surface area contributed by atoms with Gasteiger partial charge in [-0.2, -0.15) is 0 Å². The highest BCUT2D eigenvalue weighted by molar-refractivity contribution is 6.30. The van der Waals surface area contributed by atoms with E-state index in [-0.39, 0.29) is 12.0 Å². The molecule has 0 saturated carbocycles. The summed E-state index contributed by atoms with van der Waals surface area (Å²) in [5.74, 6) is 0.577. The van der Waals surface area contributed by atoms with Crippen molar-refractivity contribution in [2.24, 2.45) is 0 Å². The summed E-state index contributed by atoms with van der Waals surface area (Å²) in [6.45, 7) is 4.44. The zero-order valence-corrected chi connectivity index (χ0v) is 15.7. The number of carbonyl (C=O) groups excluding carboxylic acids is 1. The van der Waals surface area contributed by atoms with E-state index in [0.29, 0.717) is 36.0 Å². The van der Waals surface area contributed by atoms with E-state index in [2.05, 4.69) is 0 Å². The summed E-state index contributed by atoms with van der Waals surface area (Å²) in [7, 11) is 0. The number of hydrogen-bond acceptors (Lipinski definition) is 3. The summed E-state index contributed by atoms with van der Waals surface area (Å²) in [6.07, 6.45) is 2.22. The van der Waals surface area contributed by atoms with Crippen LogP contribution in [0.15, 0.2) is 48.5 Å². The van der Waals surface area contributed by atoms with Crippen molar-refractivity contribution in [2.75, 3.05) is 19.7 Å². The van der Waals surface area contributed by atoms with E-state index in [9.17, 15) is 4.79 Å². The predicted molar refractivity (Wildman–Crippen MR) is 103 cm³/mol. The van der Waals surface area contributed by atoms with Crippen LogP contribution in [0.4, 0.5) is 0 Å². The predicted octanol–water partition coefficient (Wildman–Crippen LogP) is 4.56. The molecule has 138 valence electrons. The molecular weight excluding hydrogens is 350 g/mol. The molecule has 2 aromatic rings. The number of likely N-dealkylation sites (N-methyl/N-ethyl adjacent to an activating group) is 1. The topological polar surface area (TPSA) is 38.8 Å². The number of halogens is 1. The van der Waals surface area contributed by atoms with Crippen molar-refractivity contribution >= 4 is 17.5 Å². The molecule has 1 fully saturated rings. The molecule has 1 amide bonds. The van der Waals surface area contributed by atoms with Crippen LogP contribution in [0, 0.1) is 0 Å². The zero-order valence-electron chi connectivity index (χ0n) is 15.0. The first kappa shape index (κ1) is 18.7. The van der Waals surface area contributed by atoms with E-state index in [1.165, 1.54) is 0 Å². The van der Waals surface area contributed by atoms with Gasteiger partial charge >= 0.3 is 0 Å². The molecule has 0 radical (unpaired) electrons. The Bertz CT molecular complexity index is 726. The van der Waals surface area contributed by atoms with Gasteiger partial charge in [-0.1, -0.05) is 35.9 Å². The van der Waals surface area contributed by atoms with Crippen LogP contribution in [0.1, 0.15) is 35.7 Å². The molecular formula is C21H24ClNO3. The number of rotatable bonds is 7. The molecule has 5 heteroatoms. The van der Waals surface area contributed by atoms with E-state index in [4.69, 9.17) is 21.1 Å². The van der Waals surface area contributed by atoms with Gasteiger partial charge in [0, 0.05) is 24.7 Å². The molecule has 1 aliphatic rings. The lowest BCUT2D eigenvalue weighted by molar-refractivity contribution is 0.0536. The van der Waals surface area contributed by atoms with Gasteiger partial charge in [-0.3, -0.25) is 4.79 Å². The molecule has 0 bridgehead atoms. The molecule has 1 saturated heterocycles. The maximum atomic E-state index is 13.0. The molecule has 26 heavy (non-hydrogen) atoms. The Kier molecular flexibility index (Phi) is 6.53. The van der Waals surface area contributed by atoms with Crippen LogP contribution >= 0.6 is 11.6 Å². The monoisotopic (exact) mass is 373 g/mol. The van der Waals surface area contributed by atoms with Gasteiger partial charge in [0.2, 0.25) is 0 Å². The highest BCUT2D eigenvalue weighted by Gasteiger charge is 2.24. The van der Waals surface area contributed by atoms with Crippen LogP contribution in [0.3, 0.4) is 0 Å². The van der Waals surface area contributed by atoms with Crippen LogP contribution in [0.2, 0.25) is 5.02 Å². The fourth-order valence-electron chi connectivity index (χ4n) is 3.07. The molecule has 0 spiro atoms. The van der Waals surface area contributed by atoms with Crippen LogP contribution in [0.25, 0.3) is 0 Å². The van der Waals surface area contributed by atoms with E-state index in [0.717, 1.165) is 25.0 Å². The van der Waals surface area contributed by atoms with Crippen molar-refractivity contribution in [1.82, 2.24) is 4.90 Å². The second-order valence-electron chi connectivity index (χ2n) is 6.39. The Balaban J connectivity index is 1.70. The molecule has 4 nitrogen and oxygen atoms in total. The molecule has 0 N–H and O–H groups in total. The third-order valence-electron chi connectivity index (χ3n) is 4.54. The average Bonchev–Trinajstić information content (AvgIpc) is 3.18. The molecule has 1 unspecified atom stereocenters. The van der Waals surface area contributed by atoms with E-state index >= 15 is 0 Å². The first-order valence-corrected chi connectivity index (χ1v) is 9.42. The van der Waals surface area contributed by atoms with Crippen LogP contribution in [0.5, 0.6) is 5.75 Å². The fraction of sp³-hybridized carbons (Fsp3) is 0.381. The molecule has 1 atom stereocenters. The minimum atomic E-state index is -0.0188. The molecule has 1 heterocycles. The Morgan fingerprint density at radius 3 is 2.69 bits per heavy atom. The van der Waals surface area contributed by atoms with Gasteiger partial charge in [0.05, 0.1) is 11.7 Å². The summed E-state index contributed by atoms with van der Waals surface area (Å²) in [5.41, 5.74) is 1.59. The second-order valence-corrected chi connectivity index (χ2v) is 6.83. The lowest BCUT2D eigenvalue weighted by atomic mass is 10.1.